The third kappa shape index (κ3) is 3.60. The Labute approximate surface area is 194 Å². The van der Waals surface area contributed by atoms with Gasteiger partial charge in [0, 0.05) is 12.1 Å². The maximum Gasteiger partial charge on any atom is 0.239 e. The van der Waals surface area contributed by atoms with Crippen LogP contribution in [0.4, 0.5) is 11.5 Å². The molecule has 2 aliphatic rings. The molecule has 0 spiro atoms. The summed E-state index contributed by atoms with van der Waals surface area (Å²) in [6, 6.07) is 6.95. The number of amides is 1. The molecule has 0 radical (unpaired) electrons. The van der Waals surface area contributed by atoms with Gasteiger partial charge in [0.25, 0.3) is 0 Å². The average molecular weight is 467 g/mol. The smallest absolute Gasteiger partial charge is 0.239 e. The van der Waals surface area contributed by atoms with Crippen LogP contribution in [0.5, 0.6) is 0 Å². The zero-order valence-corrected chi connectivity index (χ0v) is 18.3. The Morgan fingerprint density at radius 2 is 2.12 bits per heavy atom. The van der Waals surface area contributed by atoms with Gasteiger partial charge in [-0.25, -0.2) is 15.0 Å². The second-order valence-electron chi connectivity index (χ2n) is 8.70. The summed E-state index contributed by atoms with van der Waals surface area (Å²) in [7, 11) is 0. The Kier molecular flexibility index (Phi) is 5.52. The highest BCUT2D eigenvalue weighted by atomic mass is 16.6. The van der Waals surface area contributed by atoms with Crippen molar-refractivity contribution < 1.29 is 24.9 Å². The van der Waals surface area contributed by atoms with E-state index in [4.69, 9.17) is 10.5 Å². The number of anilines is 1. The van der Waals surface area contributed by atoms with E-state index in [0.717, 1.165) is 11.3 Å². The molecule has 5 unspecified atom stereocenters. The second kappa shape index (κ2) is 8.40. The van der Waals surface area contributed by atoms with Gasteiger partial charge < -0.3 is 31.1 Å². The zero-order valence-electron chi connectivity index (χ0n) is 18.3. The molecular weight excluding hydrogens is 442 g/mol. The molecule has 2 aliphatic heterocycles. The Balaban J connectivity index is 1.43. The van der Waals surface area contributed by atoms with Crippen LogP contribution in [0.1, 0.15) is 31.1 Å². The Bertz CT molecular complexity index is 1260. The lowest BCUT2D eigenvalue weighted by Gasteiger charge is -2.27. The highest BCUT2D eigenvalue weighted by Crippen LogP contribution is 2.40. The third-order valence-electron chi connectivity index (χ3n) is 6.42. The van der Waals surface area contributed by atoms with E-state index >= 15 is 0 Å². The zero-order chi connectivity index (χ0) is 24.0. The molecule has 0 bridgehead atoms. The maximum absolute atomic E-state index is 12.3. The Hall–Kier alpha value is -3.45. The number of aromatic nitrogens is 4. The van der Waals surface area contributed by atoms with Crippen molar-refractivity contribution in [1.82, 2.24) is 19.5 Å². The van der Waals surface area contributed by atoms with E-state index in [0.29, 0.717) is 17.6 Å². The lowest BCUT2D eigenvalue weighted by atomic mass is 9.93. The molecule has 1 saturated heterocycles. The number of rotatable bonds is 7. The number of carbonyl (C=O) groups excluding carboxylic acids is 1. The van der Waals surface area contributed by atoms with E-state index in [2.05, 4.69) is 25.3 Å². The van der Waals surface area contributed by atoms with Gasteiger partial charge in [-0.2, -0.15) is 0 Å². The maximum atomic E-state index is 12.3. The van der Waals surface area contributed by atoms with Crippen molar-refractivity contribution in [2.75, 3.05) is 11.9 Å². The number of aliphatic hydroxyl groups excluding tert-OH is 2. The Morgan fingerprint density at radius 3 is 2.85 bits per heavy atom. The van der Waals surface area contributed by atoms with Gasteiger partial charge in [0.15, 0.2) is 23.2 Å². The van der Waals surface area contributed by atoms with E-state index in [1.807, 2.05) is 24.3 Å². The molecule has 6 atom stereocenters. The lowest BCUT2D eigenvalue weighted by molar-refractivity contribution is -0.118. The molecular formula is C22H25N7O5. The van der Waals surface area contributed by atoms with Crippen molar-refractivity contribution in [3.05, 3.63) is 42.5 Å². The van der Waals surface area contributed by atoms with Crippen LogP contribution in [0.25, 0.3) is 11.2 Å². The quantitative estimate of drug-likeness (QED) is 0.319. The Morgan fingerprint density at radius 1 is 1.32 bits per heavy atom. The highest BCUT2D eigenvalue weighted by molar-refractivity contribution is 5.89. The number of ether oxygens (including phenoxy) is 1. The predicted octanol–water partition coefficient (Wildman–Crippen LogP) is -0.0165. The topological polar surface area (TPSA) is 181 Å². The largest absolute Gasteiger partial charge is 0.394 e. The third-order valence-corrected chi connectivity index (χ3v) is 6.42. The summed E-state index contributed by atoms with van der Waals surface area (Å²) in [5, 5.41) is 33.7. The van der Waals surface area contributed by atoms with Gasteiger partial charge in [0.05, 0.1) is 18.6 Å². The first-order valence-corrected chi connectivity index (χ1v) is 10.8. The minimum atomic E-state index is -1.70. The van der Waals surface area contributed by atoms with Gasteiger partial charge in [-0.3, -0.25) is 14.4 Å². The molecule has 1 fully saturated rings. The highest BCUT2D eigenvalue weighted by Gasteiger charge is 2.53. The number of fused-ring (bicyclic) bond motifs is 2. The molecule has 0 saturated carbocycles. The molecule has 178 valence electrons. The first-order valence-electron chi connectivity index (χ1n) is 10.8. The summed E-state index contributed by atoms with van der Waals surface area (Å²) in [4.78, 5) is 29.5. The summed E-state index contributed by atoms with van der Waals surface area (Å²) in [6.07, 6.45) is 1.53. The van der Waals surface area contributed by atoms with Gasteiger partial charge in [0.2, 0.25) is 5.91 Å². The SMILES string of the molecule is C[C@@]1(O)C(O)C(CO)OC1n1cnc2c(NC(CC3C=Nc4ccccc43)C(N)=O)ncnc21. The number of nitrogens with two attached hydrogens (primary N) is 1. The van der Waals surface area contributed by atoms with Gasteiger partial charge in [0.1, 0.15) is 30.2 Å². The molecule has 0 aliphatic carbocycles. The summed E-state index contributed by atoms with van der Waals surface area (Å²) in [5.74, 6) is -0.359. The van der Waals surface area contributed by atoms with Gasteiger partial charge in [-0.1, -0.05) is 18.2 Å². The van der Waals surface area contributed by atoms with Crippen molar-refractivity contribution in [2.45, 2.75) is 49.3 Å². The number of nitrogens with one attached hydrogen (secondary N) is 1. The average Bonchev–Trinajstić information content (AvgIpc) is 3.49. The number of aliphatic hydroxyl groups is 3. The van der Waals surface area contributed by atoms with E-state index < -0.39 is 42.6 Å². The fourth-order valence-corrected chi connectivity index (χ4v) is 4.54. The van der Waals surface area contributed by atoms with Crippen LogP contribution in [0, 0.1) is 0 Å². The number of aliphatic imine (C=N–C) groups is 1. The molecule has 4 heterocycles. The molecule has 1 aromatic carbocycles. The summed E-state index contributed by atoms with van der Waals surface area (Å²) < 4.78 is 7.13. The van der Waals surface area contributed by atoms with E-state index in [-0.39, 0.29) is 11.7 Å². The van der Waals surface area contributed by atoms with Gasteiger partial charge in [-0.15, -0.1) is 0 Å². The summed E-state index contributed by atoms with van der Waals surface area (Å²) >= 11 is 0. The first kappa shape index (κ1) is 22.3. The van der Waals surface area contributed by atoms with E-state index in [1.165, 1.54) is 24.1 Å². The molecule has 6 N–H and O–H groups in total. The van der Waals surface area contributed by atoms with E-state index in [1.54, 1.807) is 6.21 Å². The molecule has 34 heavy (non-hydrogen) atoms. The second-order valence-corrected chi connectivity index (χ2v) is 8.70. The number of nitrogens with zero attached hydrogens (tertiary/aromatic N) is 5. The fraction of sp³-hybridized carbons (Fsp3) is 0.409. The van der Waals surface area contributed by atoms with Crippen molar-refractivity contribution >= 4 is 34.8 Å². The number of hydrogen-bond acceptors (Lipinski definition) is 10. The summed E-state index contributed by atoms with van der Waals surface area (Å²) in [5.41, 5.74) is 6.51. The molecule has 3 aromatic rings. The van der Waals surface area contributed by atoms with E-state index in [9.17, 15) is 20.1 Å². The standard InChI is InChI=1S/C22H25N7O5/c1-22(33)17(31)15(8-30)34-21(22)29-10-27-16-19(25-9-26-20(16)29)28-14(18(23)32)6-11-7-24-13-5-3-2-4-12(11)13/h2-5,7,9-11,14-15,17,21,30-31,33H,6,8H2,1H3,(H2,23,32)(H,25,26,28)/t11?,14?,15?,17?,21?,22-/m1/s1. The number of imidazole rings is 1. The number of para-hydroxylation sites is 1. The van der Waals surface area contributed by atoms with Crippen LogP contribution in [-0.2, 0) is 9.53 Å². The van der Waals surface area contributed by atoms with Crippen LogP contribution in [0.15, 0.2) is 41.9 Å². The molecule has 12 nitrogen and oxygen atoms in total. The van der Waals surface area contributed by atoms with Crippen molar-refractivity contribution in [3.63, 3.8) is 0 Å². The predicted molar refractivity (Wildman–Crippen MR) is 122 cm³/mol. The van der Waals surface area contributed by atoms with Crippen molar-refractivity contribution in [1.29, 1.82) is 0 Å². The molecule has 5 rings (SSSR count). The van der Waals surface area contributed by atoms with Crippen LogP contribution in [0.2, 0.25) is 0 Å². The first-order chi connectivity index (χ1) is 16.3. The van der Waals surface area contributed by atoms with Crippen molar-refractivity contribution in [2.24, 2.45) is 10.7 Å². The minimum Gasteiger partial charge on any atom is -0.394 e. The summed E-state index contributed by atoms with van der Waals surface area (Å²) in [6.45, 7) is 0.949. The number of primary amides is 1. The molecule has 2 aromatic heterocycles. The number of benzene rings is 1. The minimum absolute atomic E-state index is 0.0880. The lowest BCUT2D eigenvalue weighted by Crippen LogP contribution is -2.44. The number of hydrogen-bond donors (Lipinski definition) is 5. The van der Waals surface area contributed by atoms with Gasteiger partial charge in [-0.05, 0) is 25.0 Å². The normalized spacial score (nSPS) is 28.8. The van der Waals surface area contributed by atoms with Crippen LogP contribution < -0.4 is 11.1 Å². The van der Waals surface area contributed by atoms with Crippen LogP contribution in [0.3, 0.4) is 0 Å². The molecule has 12 heteroatoms. The molecule has 1 amide bonds. The van der Waals surface area contributed by atoms with Gasteiger partial charge >= 0.3 is 0 Å². The fourth-order valence-electron chi connectivity index (χ4n) is 4.54. The monoisotopic (exact) mass is 467 g/mol. The number of carbonyl (C=O) groups is 1. The van der Waals surface area contributed by atoms with Crippen LogP contribution in [-0.4, -0.2) is 77.4 Å². The van der Waals surface area contributed by atoms with Crippen molar-refractivity contribution in [3.8, 4) is 0 Å². The van der Waals surface area contributed by atoms with Crippen LogP contribution >= 0.6 is 0 Å².